The van der Waals surface area contributed by atoms with Crippen LogP contribution in [0.4, 0.5) is 10.1 Å². The molecule has 8 nitrogen and oxygen atoms in total. The summed E-state index contributed by atoms with van der Waals surface area (Å²) in [7, 11) is 1.50. The Balaban J connectivity index is 1.78. The number of ether oxygens (including phenoxy) is 2. The van der Waals surface area contributed by atoms with E-state index >= 15 is 0 Å². The van der Waals surface area contributed by atoms with Crippen LogP contribution in [0, 0.1) is 12.7 Å². The van der Waals surface area contributed by atoms with E-state index in [0.29, 0.717) is 40.2 Å². The first-order chi connectivity index (χ1) is 14.4. The monoisotopic (exact) mass is 431 g/mol. The molecule has 1 aromatic heterocycles. The van der Waals surface area contributed by atoms with E-state index in [1.165, 1.54) is 42.1 Å². The van der Waals surface area contributed by atoms with Crippen LogP contribution in [0.15, 0.2) is 36.4 Å². The van der Waals surface area contributed by atoms with Crippen LogP contribution in [-0.2, 0) is 4.79 Å². The number of hydrogen-bond donors (Lipinski definition) is 1. The van der Waals surface area contributed by atoms with Crippen molar-refractivity contribution in [2.24, 2.45) is 0 Å². The molecule has 0 saturated heterocycles. The molecular weight excluding hydrogens is 413 g/mol. The SMILES string of the molecule is CCOc1c(Cl)cc(/C=C/C(=O)Nc2cc(-n3nnnc3C)ccc2F)cc1OC. The number of aryl methyl sites for hydroxylation is 1. The van der Waals surface area contributed by atoms with Gasteiger partial charge in [0, 0.05) is 6.08 Å². The van der Waals surface area contributed by atoms with Gasteiger partial charge in [-0.2, -0.15) is 4.68 Å². The van der Waals surface area contributed by atoms with Gasteiger partial charge >= 0.3 is 0 Å². The molecule has 3 rings (SSSR count). The van der Waals surface area contributed by atoms with Gasteiger partial charge in [-0.25, -0.2) is 4.39 Å². The molecule has 156 valence electrons. The van der Waals surface area contributed by atoms with Gasteiger partial charge in [0.2, 0.25) is 5.91 Å². The minimum Gasteiger partial charge on any atom is -0.493 e. The predicted octanol–water partition coefficient (Wildman–Crippen LogP) is 3.82. The van der Waals surface area contributed by atoms with Gasteiger partial charge < -0.3 is 14.8 Å². The number of nitrogens with one attached hydrogen (secondary N) is 1. The van der Waals surface area contributed by atoms with Crippen LogP contribution in [0.3, 0.4) is 0 Å². The highest BCUT2D eigenvalue weighted by Crippen LogP contribution is 2.36. The Bertz CT molecular complexity index is 1100. The average Bonchev–Trinajstić information content (AvgIpc) is 3.15. The first-order valence-corrected chi connectivity index (χ1v) is 9.35. The Kier molecular flexibility index (Phi) is 6.63. The zero-order valence-corrected chi connectivity index (χ0v) is 17.3. The highest BCUT2D eigenvalue weighted by Gasteiger charge is 2.12. The first-order valence-electron chi connectivity index (χ1n) is 8.97. The van der Waals surface area contributed by atoms with Crippen molar-refractivity contribution in [2.45, 2.75) is 13.8 Å². The van der Waals surface area contributed by atoms with Crippen molar-refractivity contribution in [3.63, 3.8) is 0 Å². The lowest BCUT2D eigenvalue weighted by molar-refractivity contribution is -0.111. The second kappa shape index (κ2) is 9.36. The molecular formula is C20H19ClFN5O3. The topological polar surface area (TPSA) is 91.2 Å². The van der Waals surface area contributed by atoms with Gasteiger partial charge in [-0.3, -0.25) is 4.79 Å². The number of benzene rings is 2. The second-order valence-electron chi connectivity index (χ2n) is 6.09. The lowest BCUT2D eigenvalue weighted by atomic mass is 10.2. The number of nitrogens with zero attached hydrogens (tertiary/aromatic N) is 4. The fourth-order valence-electron chi connectivity index (χ4n) is 2.68. The van der Waals surface area contributed by atoms with Gasteiger partial charge in [-0.15, -0.1) is 5.10 Å². The third-order valence-corrected chi connectivity index (χ3v) is 4.33. The molecule has 2 aromatic carbocycles. The number of anilines is 1. The molecule has 1 N–H and O–H groups in total. The molecule has 0 radical (unpaired) electrons. The van der Waals surface area contributed by atoms with E-state index in [9.17, 15) is 9.18 Å². The summed E-state index contributed by atoms with van der Waals surface area (Å²) >= 11 is 6.23. The van der Waals surface area contributed by atoms with Gasteiger partial charge in [0.25, 0.3) is 0 Å². The van der Waals surface area contributed by atoms with Gasteiger partial charge in [0.05, 0.1) is 30.1 Å². The number of carbonyl (C=O) groups is 1. The van der Waals surface area contributed by atoms with Crippen LogP contribution in [0.1, 0.15) is 18.3 Å². The highest BCUT2D eigenvalue weighted by molar-refractivity contribution is 6.32. The Morgan fingerprint density at radius 2 is 2.13 bits per heavy atom. The summed E-state index contributed by atoms with van der Waals surface area (Å²) in [6.45, 7) is 3.98. The average molecular weight is 432 g/mol. The highest BCUT2D eigenvalue weighted by atomic mass is 35.5. The van der Waals surface area contributed by atoms with E-state index in [0.717, 1.165) is 0 Å². The molecule has 3 aromatic rings. The van der Waals surface area contributed by atoms with Crippen LogP contribution in [0.2, 0.25) is 5.02 Å². The fourth-order valence-corrected chi connectivity index (χ4v) is 2.95. The molecule has 0 spiro atoms. The number of carbonyl (C=O) groups excluding carboxylic acids is 1. The summed E-state index contributed by atoms with van der Waals surface area (Å²) in [6.07, 6.45) is 2.80. The Morgan fingerprint density at radius 1 is 1.33 bits per heavy atom. The van der Waals surface area contributed by atoms with Crippen LogP contribution < -0.4 is 14.8 Å². The largest absolute Gasteiger partial charge is 0.493 e. The van der Waals surface area contributed by atoms with E-state index in [1.807, 2.05) is 6.92 Å². The van der Waals surface area contributed by atoms with Gasteiger partial charge in [-0.1, -0.05) is 11.6 Å². The molecule has 0 aliphatic carbocycles. The number of rotatable bonds is 7. The van der Waals surface area contributed by atoms with E-state index in [-0.39, 0.29) is 5.69 Å². The van der Waals surface area contributed by atoms with E-state index < -0.39 is 11.7 Å². The standard InChI is InChI=1S/C20H19ClFN5O3/c1-4-30-20-15(21)9-13(10-18(20)29-3)5-8-19(28)23-17-11-14(6-7-16(17)22)27-12(2)24-25-26-27/h5-11H,4H2,1-3H3,(H,23,28)/b8-5+. The van der Waals surface area contributed by atoms with Crippen molar-refractivity contribution in [3.8, 4) is 17.2 Å². The summed E-state index contributed by atoms with van der Waals surface area (Å²) in [5, 5.41) is 14.0. The minimum atomic E-state index is -0.586. The number of halogens is 2. The number of amides is 1. The molecule has 0 aliphatic heterocycles. The molecule has 30 heavy (non-hydrogen) atoms. The van der Waals surface area contributed by atoms with Crippen molar-refractivity contribution in [2.75, 3.05) is 19.0 Å². The zero-order chi connectivity index (χ0) is 21.7. The quantitative estimate of drug-likeness (QED) is 0.572. The van der Waals surface area contributed by atoms with E-state index in [2.05, 4.69) is 20.8 Å². The van der Waals surface area contributed by atoms with Crippen LogP contribution in [0.5, 0.6) is 11.5 Å². The minimum absolute atomic E-state index is 0.000596. The third-order valence-electron chi connectivity index (χ3n) is 4.05. The van der Waals surface area contributed by atoms with Crippen molar-refractivity contribution in [1.82, 2.24) is 20.2 Å². The fraction of sp³-hybridized carbons (Fsp3) is 0.200. The molecule has 0 fully saturated rings. The lowest BCUT2D eigenvalue weighted by Gasteiger charge is -2.12. The normalized spacial score (nSPS) is 11.0. The molecule has 1 amide bonds. The Morgan fingerprint density at radius 3 is 2.80 bits per heavy atom. The molecule has 10 heteroatoms. The molecule has 0 bridgehead atoms. The van der Waals surface area contributed by atoms with Crippen molar-refractivity contribution in [1.29, 1.82) is 0 Å². The third kappa shape index (κ3) is 4.74. The molecule has 0 saturated carbocycles. The van der Waals surface area contributed by atoms with E-state index in [4.69, 9.17) is 21.1 Å². The van der Waals surface area contributed by atoms with Crippen LogP contribution in [-0.4, -0.2) is 39.8 Å². The van der Waals surface area contributed by atoms with E-state index in [1.54, 1.807) is 19.1 Å². The Labute approximate surface area is 177 Å². The summed E-state index contributed by atoms with van der Waals surface area (Å²) in [6, 6.07) is 7.51. The van der Waals surface area contributed by atoms with Crippen molar-refractivity contribution >= 4 is 29.3 Å². The number of tetrazole rings is 1. The molecule has 1 heterocycles. The molecule has 0 atom stereocenters. The number of methoxy groups -OCH3 is 1. The molecule has 0 unspecified atom stereocenters. The summed E-state index contributed by atoms with van der Waals surface area (Å²) < 4.78 is 26.3. The maximum Gasteiger partial charge on any atom is 0.248 e. The maximum absolute atomic E-state index is 14.2. The van der Waals surface area contributed by atoms with Crippen molar-refractivity contribution in [3.05, 3.63) is 58.6 Å². The molecule has 0 aliphatic rings. The Hall–Kier alpha value is -3.46. The second-order valence-corrected chi connectivity index (χ2v) is 6.50. The van der Waals surface area contributed by atoms with Crippen LogP contribution in [0.25, 0.3) is 11.8 Å². The van der Waals surface area contributed by atoms with Gasteiger partial charge in [0.1, 0.15) is 5.82 Å². The summed E-state index contributed by atoms with van der Waals surface area (Å²) in [4.78, 5) is 12.3. The first kappa shape index (κ1) is 21.3. The number of hydrogen-bond acceptors (Lipinski definition) is 6. The van der Waals surface area contributed by atoms with Gasteiger partial charge in [-0.05, 0) is 66.2 Å². The predicted molar refractivity (Wildman–Crippen MR) is 111 cm³/mol. The zero-order valence-electron chi connectivity index (χ0n) is 16.5. The smallest absolute Gasteiger partial charge is 0.248 e. The van der Waals surface area contributed by atoms with Gasteiger partial charge in [0.15, 0.2) is 17.3 Å². The maximum atomic E-state index is 14.2. The lowest BCUT2D eigenvalue weighted by Crippen LogP contribution is -2.10. The summed E-state index contributed by atoms with van der Waals surface area (Å²) in [5.74, 6) is 0.292. The van der Waals surface area contributed by atoms with Crippen LogP contribution >= 0.6 is 11.6 Å². The summed E-state index contributed by atoms with van der Waals surface area (Å²) in [5.41, 5.74) is 1.13. The van der Waals surface area contributed by atoms with Crippen molar-refractivity contribution < 1.29 is 18.7 Å². The number of aromatic nitrogens is 4.